The molecule has 1 saturated heterocycles. The monoisotopic (exact) mass is 515 g/mol. The normalized spacial score (nSPS) is 16.5. The van der Waals surface area contributed by atoms with Crippen LogP contribution in [0.5, 0.6) is 17.2 Å². The molecule has 7 nitrogen and oxygen atoms in total. The van der Waals surface area contributed by atoms with Gasteiger partial charge in [-0.2, -0.15) is 0 Å². The highest BCUT2D eigenvalue weighted by Gasteiger charge is 2.48. The zero-order chi connectivity index (χ0) is 27.2. The van der Waals surface area contributed by atoms with Crippen molar-refractivity contribution in [2.45, 2.75) is 39.7 Å². The molecule has 0 spiro atoms. The van der Waals surface area contributed by atoms with E-state index < -0.39 is 17.7 Å². The zero-order valence-corrected chi connectivity index (χ0v) is 22.2. The molecule has 198 valence electrons. The summed E-state index contributed by atoms with van der Waals surface area (Å²) in [5, 5.41) is 11.5. The fourth-order valence-electron chi connectivity index (χ4n) is 4.55. The summed E-state index contributed by atoms with van der Waals surface area (Å²) in [7, 11) is 1.53. The Labute approximate surface area is 223 Å². The van der Waals surface area contributed by atoms with Crippen molar-refractivity contribution in [1.82, 2.24) is 0 Å². The van der Waals surface area contributed by atoms with Gasteiger partial charge in [-0.05, 0) is 61.7 Å². The number of methoxy groups -OCH3 is 1. The van der Waals surface area contributed by atoms with Crippen LogP contribution in [0.3, 0.4) is 0 Å². The fourth-order valence-corrected chi connectivity index (χ4v) is 4.55. The van der Waals surface area contributed by atoms with E-state index in [0.29, 0.717) is 47.3 Å². The molecule has 0 radical (unpaired) electrons. The van der Waals surface area contributed by atoms with Gasteiger partial charge in [-0.15, -0.1) is 0 Å². The van der Waals surface area contributed by atoms with Crippen molar-refractivity contribution < 1.29 is 28.9 Å². The number of aliphatic hydroxyl groups is 1. The molecule has 0 aliphatic carbocycles. The van der Waals surface area contributed by atoms with E-state index in [0.717, 1.165) is 18.4 Å². The van der Waals surface area contributed by atoms with E-state index in [1.165, 1.54) is 12.0 Å². The number of aliphatic hydroxyl groups excluding tert-OH is 1. The smallest absolute Gasteiger partial charge is 0.300 e. The number of ketones is 1. The Morgan fingerprint density at radius 1 is 0.895 bits per heavy atom. The lowest BCUT2D eigenvalue weighted by Gasteiger charge is -2.27. The Hall–Kier alpha value is -4.26. The third-order valence-electron chi connectivity index (χ3n) is 6.36. The minimum Gasteiger partial charge on any atom is -0.507 e. The number of ether oxygens (including phenoxy) is 3. The Kier molecular flexibility index (Phi) is 8.36. The summed E-state index contributed by atoms with van der Waals surface area (Å²) in [5.74, 6) is 0.00720. The summed E-state index contributed by atoms with van der Waals surface area (Å²) < 4.78 is 17.1. The van der Waals surface area contributed by atoms with Crippen LogP contribution in [0, 0.1) is 6.92 Å². The molecule has 1 atom stereocenters. The number of hydrogen-bond acceptors (Lipinski definition) is 6. The van der Waals surface area contributed by atoms with Gasteiger partial charge in [0.25, 0.3) is 11.7 Å². The van der Waals surface area contributed by atoms with E-state index in [9.17, 15) is 14.7 Å². The maximum absolute atomic E-state index is 13.5. The van der Waals surface area contributed by atoms with Crippen molar-refractivity contribution in [3.8, 4) is 17.2 Å². The van der Waals surface area contributed by atoms with Crippen molar-refractivity contribution in [1.29, 1.82) is 0 Å². The van der Waals surface area contributed by atoms with Crippen LogP contribution in [0.1, 0.15) is 49.4 Å². The number of benzene rings is 3. The molecule has 1 fully saturated rings. The van der Waals surface area contributed by atoms with Gasteiger partial charge in [0.1, 0.15) is 23.0 Å². The minimum absolute atomic E-state index is 0.0130. The molecule has 7 heteroatoms. The number of aryl methyl sites for hydroxylation is 1. The maximum Gasteiger partial charge on any atom is 0.300 e. The Balaban J connectivity index is 1.88. The molecule has 1 heterocycles. The van der Waals surface area contributed by atoms with Crippen LogP contribution in [0.4, 0.5) is 5.69 Å². The summed E-state index contributed by atoms with van der Waals surface area (Å²) in [5.41, 5.74) is 2.28. The summed E-state index contributed by atoms with van der Waals surface area (Å²) >= 11 is 0. The van der Waals surface area contributed by atoms with Crippen LogP contribution in [0.2, 0.25) is 0 Å². The lowest BCUT2D eigenvalue weighted by molar-refractivity contribution is -0.132. The van der Waals surface area contributed by atoms with Crippen LogP contribution in [0.25, 0.3) is 5.76 Å². The van der Waals surface area contributed by atoms with Crippen molar-refractivity contribution >= 4 is 23.1 Å². The van der Waals surface area contributed by atoms with E-state index in [4.69, 9.17) is 14.2 Å². The number of nitrogens with zero attached hydrogens (tertiary/aromatic N) is 1. The Morgan fingerprint density at radius 2 is 1.63 bits per heavy atom. The number of amides is 1. The van der Waals surface area contributed by atoms with Gasteiger partial charge in [0.2, 0.25) is 0 Å². The molecule has 3 aromatic rings. The molecule has 1 N–H and O–H groups in total. The van der Waals surface area contributed by atoms with Crippen LogP contribution < -0.4 is 19.1 Å². The van der Waals surface area contributed by atoms with Gasteiger partial charge in [0.15, 0.2) is 0 Å². The summed E-state index contributed by atoms with van der Waals surface area (Å²) in [6.45, 7) is 7.01. The molecular formula is C31H33NO6. The molecule has 1 aliphatic heterocycles. The number of carbonyl (C=O) groups is 2. The van der Waals surface area contributed by atoms with Crippen LogP contribution in [0.15, 0.2) is 72.3 Å². The predicted octanol–water partition coefficient (Wildman–Crippen LogP) is 6.21. The van der Waals surface area contributed by atoms with Gasteiger partial charge < -0.3 is 19.3 Å². The van der Waals surface area contributed by atoms with E-state index in [1.807, 2.05) is 32.9 Å². The molecule has 1 amide bonds. The number of Topliss-reactive ketones (excluding diaryl/α,β-unsaturated/α-hetero) is 1. The Morgan fingerprint density at radius 3 is 2.34 bits per heavy atom. The first-order valence-corrected chi connectivity index (χ1v) is 12.8. The number of anilines is 1. The van der Waals surface area contributed by atoms with Gasteiger partial charge in [0.05, 0.1) is 31.9 Å². The highest BCUT2D eigenvalue weighted by atomic mass is 16.5. The molecular weight excluding hydrogens is 482 g/mol. The van der Waals surface area contributed by atoms with E-state index in [-0.39, 0.29) is 11.3 Å². The van der Waals surface area contributed by atoms with Gasteiger partial charge in [0, 0.05) is 22.9 Å². The SMILES string of the molecule is CCCOc1cccc(N2C(=O)C(=O)/C(=C(/O)c3ccc(OCCC)c(C)c3)C2c2ccccc2OC)c1. The number of rotatable bonds is 10. The van der Waals surface area contributed by atoms with Gasteiger partial charge in [-0.25, -0.2) is 0 Å². The summed E-state index contributed by atoms with van der Waals surface area (Å²) in [4.78, 5) is 28.5. The van der Waals surface area contributed by atoms with Crippen molar-refractivity contribution in [3.05, 3.63) is 89.0 Å². The highest BCUT2D eigenvalue weighted by molar-refractivity contribution is 6.51. The molecule has 38 heavy (non-hydrogen) atoms. The average molecular weight is 516 g/mol. The Bertz CT molecular complexity index is 1360. The molecule has 3 aromatic carbocycles. The second-order valence-electron chi connectivity index (χ2n) is 9.09. The molecule has 0 saturated carbocycles. The zero-order valence-electron chi connectivity index (χ0n) is 22.2. The number of hydrogen-bond donors (Lipinski definition) is 1. The topological polar surface area (TPSA) is 85.3 Å². The van der Waals surface area contributed by atoms with Gasteiger partial charge in [-0.3, -0.25) is 14.5 Å². The third kappa shape index (κ3) is 5.23. The van der Waals surface area contributed by atoms with E-state index in [1.54, 1.807) is 54.6 Å². The quantitative estimate of drug-likeness (QED) is 0.196. The van der Waals surface area contributed by atoms with E-state index >= 15 is 0 Å². The van der Waals surface area contributed by atoms with Crippen LogP contribution in [-0.4, -0.2) is 37.1 Å². The van der Waals surface area contributed by atoms with E-state index in [2.05, 4.69) is 0 Å². The third-order valence-corrected chi connectivity index (χ3v) is 6.36. The second kappa shape index (κ2) is 11.9. The minimum atomic E-state index is -0.913. The standard InChI is InChI=1S/C31H33NO6/c1-5-16-37-23-11-9-10-22(19-23)32-28(24-12-7-8-13-26(24)36-4)27(30(34)31(32)35)29(33)21-14-15-25(20(3)18-21)38-17-6-2/h7-15,18-19,28,33H,5-6,16-17H2,1-4H3/b29-27+. The number of carbonyl (C=O) groups excluding carboxylic acids is 2. The van der Waals surface area contributed by atoms with Crippen molar-refractivity contribution in [2.24, 2.45) is 0 Å². The maximum atomic E-state index is 13.5. The highest BCUT2D eigenvalue weighted by Crippen LogP contribution is 2.45. The van der Waals surface area contributed by atoms with Crippen LogP contribution in [-0.2, 0) is 9.59 Å². The van der Waals surface area contributed by atoms with Gasteiger partial charge in [-0.1, -0.05) is 38.1 Å². The first-order chi connectivity index (χ1) is 18.4. The lowest BCUT2D eigenvalue weighted by Crippen LogP contribution is -2.29. The van der Waals surface area contributed by atoms with Crippen molar-refractivity contribution in [2.75, 3.05) is 25.2 Å². The summed E-state index contributed by atoms with van der Waals surface area (Å²) in [6, 6.07) is 18.5. The van der Waals surface area contributed by atoms with Crippen molar-refractivity contribution in [3.63, 3.8) is 0 Å². The van der Waals surface area contributed by atoms with Crippen LogP contribution >= 0.6 is 0 Å². The molecule has 1 unspecified atom stereocenters. The molecule has 0 aromatic heterocycles. The molecule has 4 rings (SSSR count). The predicted molar refractivity (Wildman–Crippen MR) is 147 cm³/mol. The molecule has 0 bridgehead atoms. The second-order valence-corrected chi connectivity index (χ2v) is 9.09. The largest absolute Gasteiger partial charge is 0.507 e. The summed E-state index contributed by atoms with van der Waals surface area (Å²) in [6.07, 6.45) is 1.70. The average Bonchev–Trinajstić information content (AvgIpc) is 3.20. The van der Waals surface area contributed by atoms with Gasteiger partial charge >= 0.3 is 0 Å². The lowest BCUT2D eigenvalue weighted by atomic mass is 9.94. The first-order valence-electron chi connectivity index (χ1n) is 12.8. The first kappa shape index (κ1) is 26.8. The molecule has 1 aliphatic rings. The fraction of sp³-hybridized carbons (Fsp3) is 0.290. The number of para-hydroxylation sites is 1.